The quantitative estimate of drug-likeness (QED) is 0.600. The van der Waals surface area contributed by atoms with Gasteiger partial charge in [0.15, 0.2) is 0 Å². The monoisotopic (exact) mass is 179 g/mol. The second-order valence-corrected chi connectivity index (χ2v) is 4.03. The van der Waals surface area contributed by atoms with E-state index in [1.54, 1.807) is 0 Å². The fourth-order valence-corrected chi connectivity index (χ4v) is 2.21. The maximum absolute atomic E-state index is 12.2. The van der Waals surface area contributed by atoms with Crippen molar-refractivity contribution in [3.8, 4) is 0 Å². The Balaban J connectivity index is 1.98. The number of hydrogen-bond donors (Lipinski definition) is 1. The van der Waals surface area contributed by atoms with E-state index in [2.05, 4.69) is 5.32 Å². The van der Waals surface area contributed by atoms with Crippen LogP contribution in [0, 0.1) is 5.41 Å². The molecule has 2 rings (SSSR count). The zero-order valence-electron chi connectivity index (χ0n) is 6.75. The van der Waals surface area contributed by atoms with Gasteiger partial charge in [-0.2, -0.15) is 13.2 Å². The molecule has 1 nitrogen and oxygen atoms in total. The average Bonchev–Trinajstić information content (AvgIpc) is 2.26. The first-order valence-corrected chi connectivity index (χ1v) is 4.32. The molecule has 0 amide bonds. The van der Waals surface area contributed by atoms with E-state index in [1.807, 2.05) is 0 Å². The predicted octanol–water partition coefficient (Wildman–Crippen LogP) is 2.08. The molecular weight excluding hydrogens is 167 g/mol. The molecule has 2 aliphatic rings. The van der Waals surface area contributed by atoms with Crippen LogP contribution in [0.2, 0.25) is 0 Å². The highest BCUT2D eigenvalue weighted by Crippen LogP contribution is 2.49. The van der Waals surface area contributed by atoms with Gasteiger partial charge in [-0.25, -0.2) is 0 Å². The summed E-state index contributed by atoms with van der Waals surface area (Å²) in [7, 11) is 0. The molecule has 1 saturated heterocycles. The summed E-state index contributed by atoms with van der Waals surface area (Å²) >= 11 is 0. The lowest BCUT2D eigenvalue weighted by molar-refractivity contribution is -0.154. The minimum absolute atomic E-state index is 0.0141. The summed E-state index contributed by atoms with van der Waals surface area (Å²) < 4.78 is 36.6. The Labute approximate surface area is 69.3 Å². The van der Waals surface area contributed by atoms with Crippen molar-refractivity contribution in [1.29, 1.82) is 0 Å². The minimum Gasteiger partial charge on any atom is -0.306 e. The molecule has 1 aliphatic carbocycles. The first kappa shape index (κ1) is 8.35. The standard InChI is InChI=1S/C8H12F3N/c9-8(10,11)6-4-7(5-12-6)2-1-3-7/h6,12H,1-5H2. The van der Waals surface area contributed by atoms with Crippen molar-refractivity contribution in [3.63, 3.8) is 0 Å². The van der Waals surface area contributed by atoms with E-state index in [0.717, 1.165) is 19.3 Å². The highest BCUT2D eigenvalue weighted by atomic mass is 19.4. The number of hydrogen-bond acceptors (Lipinski definition) is 1. The molecule has 1 atom stereocenters. The zero-order chi connectivity index (χ0) is 8.82. The first-order chi connectivity index (χ1) is 5.52. The van der Waals surface area contributed by atoms with Gasteiger partial charge in [-0.3, -0.25) is 0 Å². The minimum atomic E-state index is -4.04. The molecule has 0 aromatic carbocycles. The number of halogens is 3. The van der Waals surface area contributed by atoms with E-state index in [9.17, 15) is 13.2 Å². The van der Waals surface area contributed by atoms with Crippen LogP contribution in [0.3, 0.4) is 0 Å². The highest BCUT2D eigenvalue weighted by Gasteiger charge is 2.52. The van der Waals surface area contributed by atoms with Gasteiger partial charge < -0.3 is 5.32 Å². The molecule has 0 aromatic heterocycles. The third-order valence-electron chi connectivity index (χ3n) is 3.17. The predicted molar refractivity (Wildman–Crippen MR) is 38.7 cm³/mol. The lowest BCUT2D eigenvalue weighted by Gasteiger charge is -2.37. The fourth-order valence-electron chi connectivity index (χ4n) is 2.21. The van der Waals surface area contributed by atoms with Crippen molar-refractivity contribution >= 4 is 0 Å². The van der Waals surface area contributed by atoms with Gasteiger partial charge in [0.1, 0.15) is 6.04 Å². The maximum atomic E-state index is 12.2. The summed E-state index contributed by atoms with van der Waals surface area (Å²) in [5.41, 5.74) is 0.0141. The maximum Gasteiger partial charge on any atom is 0.403 e. The van der Waals surface area contributed by atoms with E-state index in [1.165, 1.54) is 0 Å². The lowest BCUT2D eigenvalue weighted by Crippen LogP contribution is -2.36. The van der Waals surface area contributed by atoms with Crippen molar-refractivity contribution < 1.29 is 13.2 Å². The highest BCUT2D eigenvalue weighted by molar-refractivity contribution is 5.00. The Hall–Kier alpha value is -0.250. The van der Waals surface area contributed by atoms with E-state index < -0.39 is 12.2 Å². The molecule has 1 heterocycles. The van der Waals surface area contributed by atoms with Crippen LogP contribution in [0.5, 0.6) is 0 Å². The van der Waals surface area contributed by atoms with Crippen LogP contribution in [-0.2, 0) is 0 Å². The second-order valence-electron chi connectivity index (χ2n) is 4.03. The summed E-state index contributed by atoms with van der Waals surface area (Å²) in [6, 6.07) is -1.24. The van der Waals surface area contributed by atoms with E-state index >= 15 is 0 Å². The Morgan fingerprint density at radius 1 is 1.25 bits per heavy atom. The summed E-state index contributed by atoms with van der Waals surface area (Å²) in [6.07, 6.45) is -0.680. The average molecular weight is 179 g/mol. The summed E-state index contributed by atoms with van der Waals surface area (Å²) in [6.45, 7) is 0.567. The number of nitrogens with one attached hydrogen (secondary N) is 1. The molecule has 0 bridgehead atoms. The van der Waals surface area contributed by atoms with Gasteiger partial charge in [-0.15, -0.1) is 0 Å². The molecule has 12 heavy (non-hydrogen) atoms. The molecule has 1 N–H and O–H groups in total. The normalized spacial score (nSPS) is 33.8. The van der Waals surface area contributed by atoms with Crippen LogP contribution in [0.4, 0.5) is 13.2 Å². The van der Waals surface area contributed by atoms with Crippen LogP contribution in [0.25, 0.3) is 0 Å². The van der Waals surface area contributed by atoms with E-state index in [0.29, 0.717) is 13.0 Å². The number of alkyl halides is 3. The molecule has 70 valence electrons. The molecule has 0 radical (unpaired) electrons. The van der Waals surface area contributed by atoms with Crippen LogP contribution in [-0.4, -0.2) is 18.8 Å². The van der Waals surface area contributed by atoms with Gasteiger partial charge in [0, 0.05) is 6.54 Å². The van der Waals surface area contributed by atoms with Crippen LogP contribution in [0.1, 0.15) is 25.7 Å². The molecule has 1 unspecified atom stereocenters. The lowest BCUT2D eigenvalue weighted by atomic mass is 9.67. The van der Waals surface area contributed by atoms with E-state index in [-0.39, 0.29) is 5.41 Å². The first-order valence-electron chi connectivity index (χ1n) is 4.32. The third kappa shape index (κ3) is 1.22. The van der Waals surface area contributed by atoms with Gasteiger partial charge in [-0.05, 0) is 24.7 Å². The molecule has 1 aliphatic heterocycles. The fraction of sp³-hybridized carbons (Fsp3) is 1.00. The second kappa shape index (κ2) is 2.37. The topological polar surface area (TPSA) is 12.0 Å². The Morgan fingerprint density at radius 2 is 1.92 bits per heavy atom. The van der Waals surface area contributed by atoms with Crippen molar-refractivity contribution in [3.05, 3.63) is 0 Å². The van der Waals surface area contributed by atoms with Gasteiger partial charge in [0.05, 0.1) is 0 Å². The van der Waals surface area contributed by atoms with Crippen molar-refractivity contribution in [2.24, 2.45) is 5.41 Å². The Bertz CT molecular complexity index is 183. The zero-order valence-corrected chi connectivity index (χ0v) is 6.75. The van der Waals surface area contributed by atoms with Crippen LogP contribution < -0.4 is 5.32 Å². The molecule has 2 fully saturated rings. The number of rotatable bonds is 0. The molecule has 0 aromatic rings. The van der Waals surface area contributed by atoms with Gasteiger partial charge in [-0.1, -0.05) is 6.42 Å². The molecule has 4 heteroatoms. The smallest absolute Gasteiger partial charge is 0.306 e. The van der Waals surface area contributed by atoms with Crippen molar-refractivity contribution in [2.45, 2.75) is 37.9 Å². The van der Waals surface area contributed by atoms with Crippen LogP contribution >= 0.6 is 0 Å². The summed E-state index contributed by atoms with van der Waals surface area (Å²) in [5, 5.41) is 2.56. The third-order valence-corrected chi connectivity index (χ3v) is 3.17. The summed E-state index contributed by atoms with van der Waals surface area (Å²) in [5.74, 6) is 0. The summed E-state index contributed by atoms with van der Waals surface area (Å²) in [4.78, 5) is 0. The Morgan fingerprint density at radius 3 is 2.17 bits per heavy atom. The van der Waals surface area contributed by atoms with Crippen LogP contribution in [0.15, 0.2) is 0 Å². The molecule has 1 spiro atoms. The van der Waals surface area contributed by atoms with Crippen molar-refractivity contribution in [2.75, 3.05) is 6.54 Å². The van der Waals surface area contributed by atoms with Gasteiger partial charge >= 0.3 is 6.18 Å². The van der Waals surface area contributed by atoms with Gasteiger partial charge in [0.2, 0.25) is 0 Å². The van der Waals surface area contributed by atoms with Gasteiger partial charge in [0.25, 0.3) is 0 Å². The Kier molecular flexibility index (Phi) is 1.65. The SMILES string of the molecule is FC(F)(F)C1CC2(CCC2)CN1. The molecular formula is C8H12F3N. The molecule has 1 saturated carbocycles. The van der Waals surface area contributed by atoms with Crippen molar-refractivity contribution in [1.82, 2.24) is 5.32 Å². The largest absolute Gasteiger partial charge is 0.403 e. The van der Waals surface area contributed by atoms with E-state index in [4.69, 9.17) is 0 Å².